The molecule has 0 aromatic heterocycles. The number of ether oxygens (including phenoxy) is 1. The molecule has 1 aromatic rings. The van der Waals surface area contributed by atoms with E-state index in [1.165, 1.54) is 0 Å². The predicted molar refractivity (Wildman–Crippen MR) is 55.3 cm³/mol. The maximum Gasteiger partial charge on any atom is 0.153 e. The summed E-state index contributed by atoms with van der Waals surface area (Å²) >= 11 is 15.0. The van der Waals surface area contributed by atoms with E-state index in [-0.39, 0.29) is 0 Å². The SMILES string of the molecule is CCOc1c(Br)ccc(Cl)c1Cl. The Kier molecular flexibility index (Phi) is 3.69. The van der Waals surface area contributed by atoms with Gasteiger partial charge in [-0.25, -0.2) is 0 Å². The van der Waals surface area contributed by atoms with Crippen molar-refractivity contribution in [1.29, 1.82) is 0 Å². The average molecular weight is 270 g/mol. The quantitative estimate of drug-likeness (QED) is 0.733. The third-order valence-corrected chi connectivity index (χ3v) is 2.70. The maximum atomic E-state index is 5.89. The Bertz CT molecular complexity index is 289. The molecule has 0 radical (unpaired) electrons. The van der Waals surface area contributed by atoms with Gasteiger partial charge in [-0.1, -0.05) is 23.2 Å². The lowest BCUT2D eigenvalue weighted by atomic mass is 10.3. The average Bonchev–Trinajstić information content (AvgIpc) is 2.06. The second-order valence-electron chi connectivity index (χ2n) is 2.11. The standard InChI is InChI=1S/C8H7BrCl2O/c1-2-12-8-5(9)3-4-6(10)7(8)11/h3-4H,2H2,1H3. The first-order valence-corrected chi connectivity index (χ1v) is 4.98. The van der Waals surface area contributed by atoms with Gasteiger partial charge in [0, 0.05) is 0 Å². The number of rotatable bonds is 2. The van der Waals surface area contributed by atoms with Crippen LogP contribution in [0.15, 0.2) is 16.6 Å². The summed E-state index contributed by atoms with van der Waals surface area (Å²) in [5, 5.41) is 0.955. The first kappa shape index (κ1) is 10.2. The molecule has 0 unspecified atom stereocenters. The van der Waals surface area contributed by atoms with Crippen LogP contribution in [-0.2, 0) is 0 Å². The van der Waals surface area contributed by atoms with Gasteiger partial charge in [0.1, 0.15) is 5.02 Å². The highest BCUT2D eigenvalue weighted by atomic mass is 79.9. The highest BCUT2D eigenvalue weighted by molar-refractivity contribution is 9.10. The normalized spacial score (nSPS) is 10.0. The molecule has 0 saturated heterocycles. The first-order chi connectivity index (χ1) is 5.66. The van der Waals surface area contributed by atoms with Crippen molar-refractivity contribution in [3.8, 4) is 5.75 Å². The summed E-state index contributed by atoms with van der Waals surface area (Å²) < 4.78 is 6.10. The summed E-state index contributed by atoms with van der Waals surface area (Å²) in [4.78, 5) is 0. The van der Waals surface area contributed by atoms with Crippen molar-refractivity contribution in [1.82, 2.24) is 0 Å². The molecule has 0 aliphatic heterocycles. The van der Waals surface area contributed by atoms with Crippen molar-refractivity contribution in [2.24, 2.45) is 0 Å². The minimum atomic E-state index is 0.452. The van der Waals surface area contributed by atoms with E-state index in [9.17, 15) is 0 Å². The molecule has 4 heteroatoms. The topological polar surface area (TPSA) is 9.23 Å². The minimum Gasteiger partial charge on any atom is -0.491 e. The van der Waals surface area contributed by atoms with Crippen LogP contribution in [0, 0.1) is 0 Å². The fourth-order valence-electron chi connectivity index (χ4n) is 0.785. The third-order valence-electron chi connectivity index (χ3n) is 1.29. The summed E-state index contributed by atoms with van der Waals surface area (Å²) in [6.07, 6.45) is 0. The molecule has 0 amide bonds. The second-order valence-corrected chi connectivity index (χ2v) is 3.74. The molecule has 0 bridgehead atoms. The Balaban J connectivity index is 3.14. The Morgan fingerprint density at radius 2 is 2.08 bits per heavy atom. The molecule has 66 valence electrons. The van der Waals surface area contributed by atoms with E-state index in [2.05, 4.69) is 15.9 Å². The lowest BCUT2D eigenvalue weighted by Gasteiger charge is -2.08. The third kappa shape index (κ3) is 2.06. The lowest BCUT2D eigenvalue weighted by Crippen LogP contribution is -1.93. The van der Waals surface area contributed by atoms with Crippen LogP contribution < -0.4 is 4.74 Å². The van der Waals surface area contributed by atoms with Gasteiger partial charge in [0.15, 0.2) is 5.75 Å². The van der Waals surface area contributed by atoms with E-state index in [4.69, 9.17) is 27.9 Å². The van der Waals surface area contributed by atoms with Gasteiger partial charge in [-0.2, -0.15) is 0 Å². The Morgan fingerprint density at radius 1 is 1.42 bits per heavy atom. The van der Waals surface area contributed by atoms with Crippen LogP contribution in [0.4, 0.5) is 0 Å². The van der Waals surface area contributed by atoms with E-state index in [1.807, 2.05) is 6.92 Å². The van der Waals surface area contributed by atoms with Crippen LogP contribution in [0.5, 0.6) is 5.75 Å². The zero-order valence-electron chi connectivity index (χ0n) is 6.40. The van der Waals surface area contributed by atoms with E-state index in [1.54, 1.807) is 12.1 Å². The van der Waals surface area contributed by atoms with Gasteiger partial charge in [-0.05, 0) is 35.0 Å². The largest absolute Gasteiger partial charge is 0.491 e. The first-order valence-electron chi connectivity index (χ1n) is 3.43. The van der Waals surface area contributed by atoms with E-state index in [0.29, 0.717) is 22.4 Å². The molecule has 0 aliphatic rings. The molecule has 0 atom stereocenters. The zero-order chi connectivity index (χ0) is 9.14. The second kappa shape index (κ2) is 4.35. The summed E-state index contributed by atoms with van der Waals surface area (Å²) in [5.74, 6) is 0.603. The molecule has 12 heavy (non-hydrogen) atoms. The van der Waals surface area contributed by atoms with Gasteiger partial charge in [0.25, 0.3) is 0 Å². The van der Waals surface area contributed by atoms with Crippen molar-refractivity contribution in [2.75, 3.05) is 6.61 Å². The Morgan fingerprint density at radius 3 is 2.67 bits per heavy atom. The highest BCUT2D eigenvalue weighted by Gasteiger charge is 2.09. The molecule has 0 fully saturated rings. The lowest BCUT2D eigenvalue weighted by molar-refractivity contribution is 0.338. The monoisotopic (exact) mass is 268 g/mol. The maximum absolute atomic E-state index is 5.89. The Labute approximate surface area is 89.7 Å². The van der Waals surface area contributed by atoms with Gasteiger partial charge < -0.3 is 4.74 Å². The summed E-state index contributed by atoms with van der Waals surface area (Å²) in [5.41, 5.74) is 0. The van der Waals surface area contributed by atoms with Crippen LogP contribution >= 0.6 is 39.1 Å². The molecule has 1 aromatic carbocycles. The Hall–Kier alpha value is 0.0800. The van der Waals surface area contributed by atoms with Gasteiger partial charge in [-0.15, -0.1) is 0 Å². The summed E-state index contributed by atoms with van der Waals surface area (Å²) in [6.45, 7) is 2.46. The van der Waals surface area contributed by atoms with Gasteiger partial charge in [-0.3, -0.25) is 0 Å². The van der Waals surface area contributed by atoms with Crippen LogP contribution in [0.3, 0.4) is 0 Å². The summed E-state index contributed by atoms with van der Waals surface area (Å²) in [6, 6.07) is 3.52. The number of hydrogen-bond acceptors (Lipinski definition) is 1. The molecular weight excluding hydrogens is 263 g/mol. The zero-order valence-corrected chi connectivity index (χ0v) is 9.50. The smallest absolute Gasteiger partial charge is 0.153 e. The minimum absolute atomic E-state index is 0.452. The molecule has 0 spiro atoms. The van der Waals surface area contributed by atoms with Gasteiger partial charge in [0.2, 0.25) is 0 Å². The van der Waals surface area contributed by atoms with Crippen LogP contribution in [-0.4, -0.2) is 6.61 Å². The van der Waals surface area contributed by atoms with E-state index >= 15 is 0 Å². The molecular formula is C8H7BrCl2O. The van der Waals surface area contributed by atoms with Gasteiger partial charge >= 0.3 is 0 Å². The molecule has 0 heterocycles. The summed E-state index contributed by atoms with van der Waals surface area (Å²) in [7, 11) is 0. The van der Waals surface area contributed by atoms with Crippen molar-refractivity contribution in [2.45, 2.75) is 6.92 Å². The van der Waals surface area contributed by atoms with Crippen molar-refractivity contribution in [3.63, 3.8) is 0 Å². The van der Waals surface area contributed by atoms with Gasteiger partial charge in [0.05, 0.1) is 16.1 Å². The van der Waals surface area contributed by atoms with Crippen LogP contribution in [0.1, 0.15) is 6.92 Å². The number of halogens is 3. The number of benzene rings is 1. The van der Waals surface area contributed by atoms with E-state index < -0.39 is 0 Å². The molecule has 0 aliphatic carbocycles. The molecule has 0 saturated carbocycles. The molecule has 1 rings (SSSR count). The molecule has 1 nitrogen and oxygen atoms in total. The predicted octanol–water partition coefficient (Wildman–Crippen LogP) is 4.15. The highest BCUT2D eigenvalue weighted by Crippen LogP contribution is 2.37. The van der Waals surface area contributed by atoms with Crippen LogP contribution in [0.2, 0.25) is 10.0 Å². The molecule has 0 N–H and O–H groups in total. The number of hydrogen-bond donors (Lipinski definition) is 0. The van der Waals surface area contributed by atoms with Crippen LogP contribution in [0.25, 0.3) is 0 Å². The van der Waals surface area contributed by atoms with E-state index in [0.717, 1.165) is 4.47 Å². The fraction of sp³-hybridized carbons (Fsp3) is 0.250. The van der Waals surface area contributed by atoms with Crippen molar-refractivity contribution in [3.05, 3.63) is 26.7 Å². The van der Waals surface area contributed by atoms with Crippen molar-refractivity contribution < 1.29 is 4.74 Å². The van der Waals surface area contributed by atoms with Crippen molar-refractivity contribution >= 4 is 39.1 Å². The fourth-order valence-corrected chi connectivity index (χ4v) is 1.71.